The van der Waals surface area contributed by atoms with Crippen LogP contribution in [0.15, 0.2) is 51.3 Å². The van der Waals surface area contributed by atoms with Gasteiger partial charge in [0.25, 0.3) is 0 Å². The largest absolute Gasteiger partial charge is 0.118 e. The number of fused-ring (bicyclic) bond motifs is 3. The number of hydrogen-bond acceptors (Lipinski definition) is 1. The average molecular weight is 449 g/mol. The summed E-state index contributed by atoms with van der Waals surface area (Å²) in [5.41, 5.74) is 8.59. The van der Waals surface area contributed by atoms with Gasteiger partial charge >= 0.3 is 0 Å². The lowest BCUT2D eigenvalue weighted by Gasteiger charge is -2.34. The molecule has 1 aliphatic heterocycles. The van der Waals surface area contributed by atoms with Crippen molar-refractivity contribution >= 4 is 51.0 Å². The van der Waals surface area contributed by atoms with Crippen LogP contribution in [0.1, 0.15) is 57.2 Å². The molecular weight excluding hydrogens is 424 g/mol. The Balaban J connectivity index is 1.76. The standard InChI is InChI=1S/C26H25BrS/c1-14-12-20-19(13-22-23(25(20)27)15(2)16(3)28-22)24(14)26(4,5)21-11-10-17-8-6-7-9-18(17)21/h6-13,16,21H,1-5H3. The summed E-state index contributed by atoms with van der Waals surface area (Å²) in [7, 11) is 0. The maximum atomic E-state index is 3.98. The fourth-order valence-electron chi connectivity index (χ4n) is 5.32. The van der Waals surface area contributed by atoms with E-state index in [0.29, 0.717) is 11.2 Å². The van der Waals surface area contributed by atoms with Crippen molar-refractivity contribution in [2.75, 3.05) is 0 Å². The molecule has 0 nitrogen and oxygen atoms in total. The molecule has 0 bridgehead atoms. The first-order valence-electron chi connectivity index (χ1n) is 10.0. The molecule has 2 heteroatoms. The van der Waals surface area contributed by atoms with Gasteiger partial charge in [-0.1, -0.05) is 55.8 Å². The third-order valence-electron chi connectivity index (χ3n) is 6.82. The smallest absolute Gasteiger partial charge is 0.0337 e. The molecule has 0 saturated heterocycles. The zero-order valence-corrected chi connectivity index (χ0v) is 19.5. The van der Waals surface area contributed by atoms with Crippen LogP contribution in [0.2, 0.25) is 0 Å². The van der Waals surface area contributed by atoms with E-state index in [2.05, 4.69) is 99.1 Å². The quantitative estimate of drug-likeness (QED) is 0.503. The fourth-order valence-corrected chi connectivity index (χ4v) is 7.55. The van der Waals surface area contributed by atoms with Crippen molar-refractivity contribution in [2.45, 2.75) is 50.7 Å². The topological polar surface area (TPSA) is 0 Å². The molecule has 0 fully saturated rings. The van der Waals surface area contributed by atoms with Gasteiger partial charge in [-0.05, 0) is 81.9 Å². The Kier molecular flexibility index (Phi) is 4.13. The highest BCUT2D eigenvalue weighted by molar-refractivity contribution is 9.10. The highest BCUT2D eigenvalue weighted by Crippen LogP contribution is 2.51. The summed E-state index contributed by atoms with van der Waals surface area (Å²) < 4.78 is 1.28. The third-order valence-corrected chi connectivity index (χ3v) is 8.93. The van der Waals surface area contributed by atoms with Gasteiger partial charge in [-0.15, -0.1) is 11.8 Å². The Morgan fingerprint density at radius 1 is 1.11 bits per heavy atom. The molecule has 0 radical (unpaired) electrons. The number of thioether (sulfide) groups is 1. The molecule has 0 saturated carbocycles. The maximum Gasteiger partial charge on any atom is 0.0337 e. The van der Waals surface area contributed by atoms with Crippen LogP contribution in [-0.4, -0.2) is 5.25 Å². The Morgan fingerprint density at radius 3 is 2.64 bits per heavy atom. The molecule has 142 valence electrons. The lowest BCUT2D eigenvalue weighted by atomic mass is 9.69. The molecule has 1 heterocycles. The van der Waals surface area contributed by atoms with E-state index in [1.165, 1.54) is 53.2 Å². The molecule has 2 aromatic carbocycles. The van der Waals surface area contributed by atoms with Crippen molar-refractivity contribution in [1.29, 1.82) is 0 Å². The van der Waals surface area contributed by atoms with Crippen LogP contribution in [0.3, 0.4) is 0 Å². The molecule has 2 aromatic rings. The molecule has 5 rings (SSSR count). The van der Waals surface area contributed by atoms with Crippen LogP contribution in [0.4, 0.5) is 0 Å². The van der Waals surface area contributed by atoms with Crippen LogP contribution >= 0.6 is 27.7 Å². The van der Waals surface area contributed by atoms with Crippen molar-refractivity contribution in [2.24, 2.45) is 5.41 Å². The monoisotopic (exact) mass is 448 g/mol. The molecule has 0 N–H and O–H groups in total. The molecule has 28 heavy (non-hydrogen) atoms. The Bertz CT molecular complexity index is 1210. The predicted molar refractivity (Wildman–Crippen MR) is 127 cm³/mol. The van der Waals surface area contributed by atoms with E-state index < -0.39 is 0 Å². The van der Waals surface area contributed by atoms with Gasteiger partial charge in [-0.25, -0.2) is 0 Å². The summed E-state index contributed by atoms with van der Waals surface area (Å²) in [6.45, 7) is 11.7. The van der Waals surface area contributed by atoms with E-state index in [9.17, 15) is 0 Å². The summed E-state index contributed by atoms with van der Waals surface area (Å²) in [6, 6.07) is 11.3. The van der Waals surface area contributed by atoms with E-state index in [1.54, 1.807) is 0 Å². The van der Waals surface area contributed by atoms with E-state index in [-0.39, 0.29) is 5.41 Å². The normalized spacial score (nSPS) is 22.4. The molecule has 2 unspecified atom stereocenters. The average Bonchev–Trinajstić information content (AvgIpc) is 3.30. The SMILES string of the molecule is CC1=Cc2c(Br)c3c(cc2=C1C(C)(C)C1C=Cc2ccccc21)SC(C)C=3C. The molecule has 2 atom stereocenters. The van der Waals surface area contributed by atoms with Gasteiger partial charge < -0.3 is 0 Å². The molecule has 2 aliphatic carbocycles. The number of rotatable bonds is 2. The van der Waals surface area contributed by atoms with Crippen molar-refractivity contribution in [3.63, 3.8) is 0 Å². The molecule has 0 aromatic heterocycles. The third kappa shape index (κ3) is 2.44. The Morgan fingerprint density at radius 2 is 1.86 bits per heavy atom. The number of allylic oxidation sites excluding steroid dienone is 2. The van der Waals surface area contributed by atoms with Crippen LogP contribution in [0, 0.1) is 5.41 Å². The van der Waals surface area contributed by atoms with E-state index >= 15 is 0 Å². The van der Waals surface area contributed by atoms with Gasteiger partial charge in [0.1, 0.15) is 0 Å². The Labute approximate surface area is 180 Å². The van der Waals surface area contributed by atoms with E-state index in [4.69, 9.17) is 0 Å². The lowest BCUT2D eigenvalue weighted by Crippen LogP contribution is -2.28. The predicted octanol–water partition coefficient (Wildman–Crippen LogP) is 6.52. The van der Waals surface area contributed by atoms with Crippen molar-refractivity contribution < 1.29 is 0 Å². The van der Waals surface area contributed by atoms with E-state index in [1.807, 2.05) is 11.8 Å². The first kappa shape index (κ1) is 18.5. The van der Waals surface area contributed by atoms with Crippen LogP contribution in [0.25, 0.3) is 23.3 Å². The summed E-state index contributed by atoms with van der Waals surface area (Å²) in [6.07, 6.45) is 7.09. The second-order valence-electron chi connectivity index (χ2n) is 8.86. The van der Waals surface area contributed by atoms with Gasteiger partial charge in [0.05, 0.1) is 0 Å². The Hall–Kier alpha value is -1.51. The summed E-state index contributed by atoms with van der Waals surface area (Å²) in [4.78, 5) is 1.43. The molecule has 3 aliphatic rings. The zero-order valence-electron chi connectivity index (χ0n) is 17.1. The second-order valence-corrected chi connectivity index (χ2v) is 11.0. The van der Waals surface area contributed by atoms with Crippen molar-refractivity contribution in [3.8, 4) is 0 Å². The lowest BCUT2D eigenvalue weighted by molar-refractivity contribution is 0.447. The number of benzene rings is 2. The van der Waals surface area contributed by atoms with Crippen molar-refractivity contribution in [3.05, 3.63) is 73.6 Å². The first-order valence-corrected chi connectivity index (χ1v) is 11.7. The molecule has 0 amide bonds. The zero-order chi connectivity index (χ0) is 19.8. The van der Waals surface area contributed by atoms with Gasteiger partial charge in [0, 0.05) is 31.2 Å². The summed E-state index contributed by atoms with van der Waals surface area (Å²) in [5.74, 6) is 0.403. The summed E-state index contributed by atoms with van der Waals surface area (Å²) >= 11 is 5.97. The minimum Gasteiger partial charge on any atom is -0.118 e. The van der Waals surface area contributed by atoms with Gasteiger partial charge in [0.2, 0.25) is 0 Å². The second kappa shape index (κ2) is 6.24. The van der Waals surface area contributed by atoms with Gasteiger partial charge in [-0.2, -0.15) is 0 Å². The minimum atomic E-state index is 0.0241. The minimum absolute atomic E-state index is 0.0241. The van der Waals surface area contributed by atoms with Gasteiger partial charge in [-0.3, -0.25) is 0 Å². The van der Waals surface area contributed by atoms with Crippen LogP contribution < -0.4 is 10.4 Å². The van der Waals surface area contributed by atoms with Crippen LogP contribution in [0.5, 0.6) is 0 Å². The van der Waals surface area contributed by atoms with Gasteiger partial charge in [0.15, 0.2) is 0 Å². The molecule has 0 spiro atoms. The highest BCUT2D eigenvalue weighted by atomic mass is 79.9. The van der Waals surface area contributed by atoms with E-state index in [0.717, 1.165) is 0 Å². The number of hydrogen-bond donors (Lipinski definition) is 0. The summed E-state index contributed by atoms with van der Waals surface area (Å²) in [5, 5.41) is 3.39. The molecular formula is C26H25BrS. The number of halogens is 1. The fraction of sp³-hybridized carbons (Fsp3) is 0.308. The van der Waals surface area contributed by atoms with Crippen LogP contribution in [-0.2, 0) is 0 Å². The highest BCUT2D eigenvalue weighted by Gasteiger charge is 2.38. The first-order chi connectivity index (χ1) is 13.3. The maximum absolute atomic E-state index is 3.98. The van der Waals surface area contributed by atoms with Crippen molar-refractivity contribution in [1.82, 2.24) is 0 Å².